The second-order valence-electron chi connectivity index (χ2n) is 5.70. The largest absolute Gasteiger partial charge is 0.489 e. The molecule has 0 aromatic heterocycles. The van der Waals surface area contributed by atoms with Gasteiger partial charge in [-0.25, -0.2) is 4.39 Å². The van der Waals surface area contributed by atoms with Gasteiger partial charge < -0.3 is 9.84 Å². The van der Waals surface area contributed by atoms with E-state index in [0.29, 0.717) is 11.4 Å². The van der Waals surface area contributed by atoms with Gasteiger partial charge in [0.25, 0.3) is 0 Å². The van der Waals surface area contributed by atoms with E-state index >= 15 is 0 Å². The van der Waals surface area contributed by atoms with Crippen LogP contribution in [0.5, 0.6) is 5.75 Å². The Kier molecular flexibility index (Phi) is 5.22. The van der Waals surface area contributed by atoms with E-state index in [0.717, 1.165) is 5.56 Å². The maximum atomic E-state index is 13.1. The van der Waals surface area contributed by atoms with Gasteiger partial charge in [-0.15, -0.1) is 0 Å². The van der Waals surface area contributed by atoms with E-state index in [2.05, 4.69) is 0 Å². The average molecular weight is 455 g/mol. The number of benzene rings is 2. The highest BCUT2D eigenvalue weighted by Gasteiger charge is 2.43. The Labute approximate surface area is 157 Å². The Morgan fingerprint density at radius 2 is 2.00 bits per heavy atom. The maximum Gasteiger partial charge on any atom is 0.309 e. The van der Waals surface area contributed by atoms with Crippen molar-refractivity contribution in [2.24, 2.45) is 5.92 Å². The molecule has 0 radical (unpaired) electrons. The molecule has 1 amide bonds. The summed E-state index contributed by atoms with van der Waals surface area (Å²) in [5, 5.41) is 9.18. The van der Waals surface area contributed by atoms with Crippen molar-refractivity contribution in [2.75, 3.05) is 4.90 Å². The number of carbonyl (C=O) groups is 2. The molecule has 1 fully saturated rings. The third-order valence-electron chi connectivity index (χ3n) is 3.97. The van der Waals surface area contributed by atoms with Crippen LogP contribution >= 0.6 is 22.6 Å². The number of amides is 1. The summed E-state index contributed by atoms with van der Waals surface area (Å²) in [4.78, 5) is 24.8. The topological polar surface area (TPSA) is 66.8 Å². The van der Waals surface area contributed by atoms with E-state index in [1.807, 2.05) is 22.6 Å². The Hall–Kier alpha value is -2.16. The Bertz CT molecular complexity index is 796. The highest BCUT2D eigenvalue weighted by molar-refractivity contribution is 14.1. The van der Waals surface area contributed by atoms with Gasteiger partial charge in [-0.05, 0) is 42.0 Å². The molecule has 0 bridgehead atoms. The first-order valence-corrected chi connectivity index (χ1v) is 8.86. The van der Waals surface area contributed by atoms with Gasteiger partial charge >= 0.3 is 5.97 Å². The third-order valence-corrected chi connectivity index (χ3v) is 5.39. The average Bonchev–Trinajstić information content (AvgIpc) is 2.88. The van der Waals surface area contributed by atoms with Gasteiger partial charge in [0, 0.05) is 12.1 Å². The van der Waals surface area contributed by atoms with Crippen LogP contribution in [0.2, 0.25) is 0 Å². The Balaban J connectivity index is 1.68. The van der Waals surface area contributed by atoms with Gasteiger partial charge in [0.2, 0.25) is 5.91 Å². The van der Waals surface area contributed by atoms with Crippen LogP contribution in [0.3, 0.4) is 0 Å². The van der Waals surface area contributed by atoms with Gasteiger partial charge in [0.15, 0.2) is 0 Å². The number of carbonyl (C=O) groups excluding carboxylic acids is 1. The highest BCUT2D eigenvalue weighted by Crippen LogP contribution is 2.35. The van der Waals surface area contributed by atoms with Gasteiger partial charge in [0.05, 0.1) is 5.92 Å². The molecule has 1 aliphatic heterocycles. The predicted molar refractivity (Wildman–Crippen MR) is 98.2 cm³/mol. The van der Waals surface area contributed by atoms with Crippen molar-refractivity contribution in [2.45, 2.75) is 17.1 Å². The molecule has 2 atom stereocenters. The third kappa shape index (κ3) is 3.92. The van der Waals surface area contributed by atoms with Gasteiger partial charge in [0.1, 0.15) is 22.2 Å². The van der Waals surface area contributed by atoms with Crippen LogP contribution in [0, 0.1) is 11.7 Å². The number of hydrogen-bond acceptors (Lipinski definition) is 3. The molecule has 1 N–H and O–H groups in total. The number of alkyl halides is 1. The van der Waals surface area contributed by atoms with Crippen molar-refractivity contribution >= 4 is 40.2 Å². The molecule has 2 unspecified atom stereocenters. The molecule has 5 nitrogen and oxygen atoms in total. The molecule has 1 aliphatic rings. The molecule has 1 saturated heterocycles. The van der Waals surface area contributed by atoms with Crippen molar-refractivity contribution in [1.29, 1.82) is 0 Å². The van der Waals surface area contributed by atoms with Crippen LogP contribution in [-0.2, 0) is 16.2 Å². The number of aliphatic carboxylic acids is 1. The lowest BCUT2D eigenvalue weighted by Gasteiger charge is -2.22. The van der Waals surface area contributed by atoms with Gasteiger partial charge in [-0.1, -0.05) is 34.7 Å². The standard InChI is InChI=1S/C18H15FINO4/c19-12-3-1-2-11(8-12)10-25-14-6-4-13(5-7-14)21-16(22)9-15(17(21)20)18(23)24/h1-8,15,17H,9-10H2,(H,23,24). The minimum absolute atomic E-state index is 0.000757. The van der Waals surface area contributed by atoms with Crippen molar-refractivity contribution < 1.29 is 23.8 Å². The fourth-order valence-corrected chi connectivity index (χ4v) is 3.88. The summed E-state index contributed by atoms with van der Waals surface area (Å²) in [5.41, 5.74) is 1.35. The molecule has 3 rings (SSSR count). The van der Waals surface area contributed by atoms with Crippen molar-refractivity contribution in [3.8, 4) is 5.75 Å². The van der Waals surface area contributed by atoms with Crippen LogP contribution in [-0.4, -0.2) is 21.0 Å². The van der Waals surface area contributed by atoms with E-state index in [-0.39, 0.29) is 24.8 Å². The van der Waals surface area contributed by atoms with E-state index in [1.54, 1.807) is 36.4 Å². The van der Waals surface area contributed by atoms with Gasteiger partial charge in [-0.3, -0.25) is 14.5 Å². The number of rotatable bonds is 5. The first kappa shape index (κ1) is 17.7. The molecule has 0 spiro atoms. The first-order chi connectivity index (χ1) is 12.0. The van der Waals surface area contributed by atoms with E-state index < -0.39 is 15.9 Å². The minimum atomic E-state index is -0.967. The quantitative estimate of drug-likeness (QED) is 0.425. The van der Waals surface area contributed by atoms with Crippen LogP contribution in [0.25, 0.3) is 0 Å². The summed E-state index contributed by atoms with van der Waals surface area (Å²) in [6.07, 6.45) is 0.000757. The predicted octanol–water partition coefficient (Wildman–Crippen LogP) is 3.60. The van der Waals surface area contributed by atoms with Crippen LogP contribution in [0.15, 0.2) is 48.5 Å². The number of carboxylic acid groups (broad SMARTS) is 1. The van der Waals surface area contributed by atoms with E-state index in [9.17, 15) is 19.1 Å². The summed E-state index contributed by atoms with van der Waals surface area (Å²) in [6, 6.07) is 13.0. The fourth-order valence-electron chi connectivity index (χ4n) is 2.69. The highest BCUT2D eigenvalue weighted by atomic mass is 127. The summed E-state index contributed by atoms with van der Waals surface area (Å²) in [7, 11) is 0. The number of anilines is 1. The number of carboxylic acids is 1. The van der Waals surface area contributed by atoms with Crippen molar-refractivity contribution in [3.63, 3.8) is 0 Å². The lowest BCUT2D eigenvalue weighted by molar-refractivity contribution is -0.141. The number of halogens is 2. The van der Waals surface area contributed by atoms with Gasteiger partial charge in [-0.2, -0.15) is 0 Å². The minimum Gasteiger partial charge on any atom is -0.489 e. The van der Waals surface area contributed by atoms with E-state index in [1.165, 1.54) is 17.0 Å². The number of hydrogen-bond donors (Lipinski definition) is 1. The summed E-state index contributed by atoms with van der Waals surface area (Å²) in [5.74, 6) is -1.62. The van der Waals surface area contributed by atoms with Crippen molar-refractivity contribution in [1.82, 2.24) is 0 Å². The molecule has 7 heteroatoms. The first-order valence-electron chi connectivity index (χ1n) is 7.62. The van der Waals surface area contributed by atoms with Crippen molar-refractivity contribution in [3.05, 3.63) is 59.9 Å². The van der Waals surface area contributed by atoms with Crippen LogP contribution < -0.4 is 9.64 Å². The number of ether oxygens (including phenoxy) is 1. The second-order valence-corrected chi connectivity index (χ2v) is 6.97. The zero-order chi connectivity index (χ0) is 18.0. The molecule has 25 heavy (non-hydrogen) atoms. The number of nitrogens with zero attached hydrogens (tertiary/aromatic N) is 1. The summed E-state index contributed by atoms with van der Waals surface area (Å²) in [6.45, 7) is 0.232. The summed E-state index contributed by atoms with van der Waals surface area (Å²) < 4.78 is 18.3. The molecule has 130 valence electrons. The smallest absolute Gasteiger partial charge is 0.309 e. The molecular formula is C18H15FINO4. The normalized spacial score (nSPS) is 19.9. The monoisotopic (exact) mass is 455 g/mol. The Morgan fingerprint density at radius 1 is 1.28 bits per heavy atom. The molecule has 2 aromatic rings. The lowest BCUT2D eigenvalue weighted by atomic mass is 10.1. The zero-order valence-corrected chi connectivity index (χ0v) is 15.2. The fraction of sp³-hybridized carbons (Fsp3) is 0.222. The van der Waals surface area contributed by atoms with Crippen LogP contribution in [0.1, 0.15) is 12.0 Å². The SMILES string of the molecule is O=C(O)C1CC(=O)N(c2ccc(OCc3cccc(F)c3)cc2)C1I. The molecule has 2 aromatic carbocycles. The lowest BCUT2D eigenvalue weighted by Crippen LogP contribution is -2.32. The molecular weight excluding hydrogens is 440 g/mol. The Morgan fingerprint density at radius 3 is 2.60 bits per heavy atom. The van der Waals surface area contributed by atoms with Crippen LogP contribution in [0.4, 0.5) is 10.1 Å². The second kappa shape index (κ2) is 7.38. The zero-order valence-electron chi connectivity index (χ0n) is 13.1. The maximum absolute atomic E-state index is 13.1. The molecule has 0 aliphatic carbocycles. The van der Waals surface area contributed by atoms with E-state index in [4.69, 9.17) is 4.74 Å². The summed E-state index contributed by atoms with van der Waals surface area (Å²) >= 11 is 1.98. The molecule has 0 saturated carbocycles. The molecule has 1 heterocycles.